The maximum Gasteiger partial charge on any atom is 0.267 e. The van der Waals surface area contributed by atoms with Gasteiger partial charge in [0, 0.05) is 18.0 Å². The minimum absolute atomic E-state index is 0.212. The van der Waals surface area contributed by atoms with Gasteiger partial charge in [-0.25, -0.2) is 0 Å². The van der Waals surface area contributed by atoms with E-state index in [2.05, 4.69) is 10.3 Å². The zero-order valence-electron chi connectivity index (χ0n) is 17.1. The number of ether oxygens (including phenoxy) is 3. The van der Waals surface area contributed by atoms with E-state index >= 15 is 0 Å². The predicted octanol–water partition coefficient (Wildman–Crippen LogP) is 3.25. The molecule has 1 fully saturated rings. The van der Waals surface area contributed by atoms with E-state index in [1.165, 1.54) is 6.42 Å². The van der Waals surface area contributed by atoms with Crippen LogP contribution in [0.25, 0.3) is 10.9 Å². The van der Waals surface area contributed by atoms with E-state index in [0.29, 0.717) is 28.5 Å². The van der Waals surface area contributed by atoms with E-state index in [-0.39, 0.29) is 18.4 Å². The number of amides is 1. The van der Waals surface area contributed by atoms with Crippen LogP contribution in [0.5, 0.6) is 17.2 Å². The molecule has 1 saturated carbocycles. The van der Waals surface area contributed by atoms with Gasteiger partial charge in [-0.15, -0.1) is 0 Å². The largest absolute Gasteiger partial charge is 0.496 e. The van der Waals surface area contributed by atoms with Gasteiger partial charge in [-0.3, -0.25) is 4.79 Å². The molecule has 0 unspecified atom stereocenters. The number of hydrogen-bond acceptors (Lipinski definition) is 5. The third kappa shape index (κ3) is 3.90. The Morgan fingerprint density at radius 1 is 1.14 bits per heavy atom. The fourth-order valence-corrected chi connectivity index (χ4v) is 4.08. The second kappa shape index (κ2) is 8.31. The van der Waals surface area contributed by atoms with Crippen LogP contribution in [0.1, 0.15) is 49.5 Å². The second-order valence-electron chi connectivity index (χ2n) is 7.66. The van der Waals surface area contributed by atoms with Crippen molar-refractivity contribution in [3.05, 3.63) is 17.8 Å². The lowest BCUT2D eigenvalue weighted by molar-refractivity contribution is -0.0143. The molecular weight excluding hydrogens is 360 g/mol. The summed E-state index contributed by atoms with van der Waals surface area (Å²) in [6.45, 7) is 2.02. The molecule has 0 radical (unpaired) electrons. The van der Waals surface area contributed by atoms with E-state index in [1.54, 1.807) is 33.5 Å². The summed E-state index contributed by atoms with van der Waals surface area (Å²) in [6, 6.07) is 3.45. The van der Waals surface area contributed by atoms with Gasteiger partial charge < -0.3 is 29.6 Å². The molecule has 1 aromatic heterocycles. The van der Waals surface area contributed by atoms with Crippen LogP contribution in [0, 0.1) is 5.92 Å². The molecular formula is C21H30N2O5. The smallest absolute Gasteiger partial charge is 0.267 e. The van der Waals surface area contributed by atoms with Gasteiger partial charge in [0.15, 0.2) is 11.5 Å². The Hall–Kier alpha value is -2.41. The molecule has 1 amide bonds. The van der Waals surface area contributed by atoms with Crippen LogP contribution in [0.15, 0.2) is 12.1 Å². The first-order valence-corrected chi connectivity index (χ1v) is 9.73. The number of aliphatic hydroxyl groups is 1. The Labute approximate surface area is 165 Å². The van der Waals surface area contributed by atoms with Gasteiger partial charge >= 0.3 is 0 Å². The summed E-state index contributed by atoms with van der Waals surface area (Å²) in [5.41, 5.74) is 0.0860. The molecule has 1 heterocycles. The van der Waals surface area contributed by atoms with Gasteiger partial charge in [-0.1, -0.05) is 19.3 Å². The van der Waals surface area contributed by atoms with Gasteiger partial charge in [0.2, 0.25) is 0 Å². The third-order valence-corrected chi connectivity index (χ3v) is 5.78. The minimum Gasteiger partial charge on any atom is -0.496 e. The normalized spacial score (nSPS) is 17.2. The maximum absolute atomic E-state index is 12.7. The van der Waals surface area contributed by atoms with E-state index in [0.717, 1.165) is 31.1 Å². The topological polar surface area (TPSA) is 92.8 Å². The summed E-state index contributed by atoms with van der Waals surface area (Å²) in [4.78, 5) is 15.8. The monoisotopic (exact) mass is 390 g/mol. The molecule has 1 aromatic carbocycles. The van der Waals surface area contributed by atoms with E-state index in [9.17, 15) is 9.90 Å². The van der Waals surface area contributed by atoms with Crippen molar-refractivity contribution in [1.29, 1.82) is 0 Å². The first-order chi connectivity index (χ1) is 13.4. The van der Waals surface area contributed by atoms with Gasteiger partial charge in [0.05, 0.1) is 32.4 Å². The molecule has 3 rings (SSSR count). The zero-order chi connectivity index (χ0) is 20.3. The molecule has 1 aliphatic carbocycles. The molecule has 28 heavy (non-hydrogen) atoms. The molecule has 1 atom stereocenters. The zero-order valence-corrected chi connectivity index (χ0v) is 17.1. The number of aromatic nitrogens is 1. The molecule has 2 aromatic rings. The average molecular weight is 390 g/mol. The molecule has 1 aliphatic rings. The number of aromatic amines is 1. The van der Waals surface area contributed by atoms with Crippen molar-refractivity contribution in [2.45, 2.75) is 44.6 Å². The van der Waals surface area contributed by atoms with E-state index in [4.69, 9.17) is 14.2 Å². The number of carbonyl (C=O) groups excluding carboxylic acids is 1. The Kier molecular flexibility index (Phi) is 6.03. The first kappa shape index (κ1) is 20.3. The number of nitrogens with one attached hydrogen (secondary N) is 2. The summed E-state index contributed by atoms with van der Waals surface area (Å²) < 4.78 is 16.2. The Morgan fingerprint density at radius 2 is 1.82 bits per heavy atom. The second-order valence-corrected chi connectivity index (χ2v) is 7.66. The van der Waals surface area contributed by atoms with Crippen LogP contribution >= 0.6 is 0 Å². The highest BCUT2D eigenvalue weighted by atomic mass is 16.5. The number of carbonyl (C=O) groups is 1. The molecule has 0 bridgehead atoms. The lowest BCUT2D eigenvalue weighted by Gasteiger charge is -2.35. The molecule has 7 nitrogen and oxygen atoms in total. The van der Waals surface area contributed by atoms with Gasteiger partial charge in [0.25, 0.3) is 5.91 Å². The van der Waals surface area contributed by atoms with Crippen molar-refractivity contribution >= 4 is 16.8 Å². The first-order valence-electron chi connectivity index (χ1n) is 9.73. The fourth-order valence-electron chi connectivity index (χ4n) is 4.08. The SMILES string of the molecule is COc1cc(OC)c2cc(C(=O)NC[C@](C)(O)C3CCCCC3)[nH]c2c1OC. The summed E-state index contributed by atoms with van der Waals surface area (Å²) >= 11 is 0. The van der Waals surface area contributed by atoms with E-state index in [1.807, 2.05) is 6.92 Å². The van der Waals surface area contributed by atoms with Crippen molar-refractivity contribution in [3.8, 4) is 17.2 Å². The lowest BCUT2D eigenvalue weighted by atomic mass is 9.78. The van der Waals surface area contributed by atoms with Crippen molar-refractivity contribution in [3.63, 3.8) is 0 Å². The van der Waals surface area contributed by atoms with Crippen LogP contribution in [0.3, 0.4) is 0 Å². The highest BCUT2D eigenvalue weighted by Crippen LogP contribution is 2.41. The lowest BCUT2D eigenvalue weighted by Crippen LogP contribution is -2.46. The van der Waals surface area contributed by atoms with Crippen molar-refractivity contribution < 1.29 is 24.1 Å². The predicted molar refractivity (Wildman–Crippen MR) is 107 cm³/mol. The molecule has 0 saturated heterocycles. The average Bonchev–Trinajstić information content (AvgIpc) is 3.16. The Morgan fingerprint density at radius 3 is 2.43 bits per heavy atom. The highest BCUT2D eigenvalue weighted by molar-refractivity contribution is 6.02. The number of hydrogen-bond donors (Lipinski definition) is 3. The third-order valence-electron chi connectivity index (χ3n) is 5.78. The highest BCUT2D eigenvalue weighted by Gasteiger charge is 2.33. The molecule has 3 N–H and O–H groups in total. The van der Waals surface area contributed by atoms with Gasteiger partial charge in [0.1, 0.15) is 11.4 Å². The fraction of sp³-hybridized carbons (Fsp3) is 0.571. The van der Waals surface area contributed by atoms with Crippen LogP contribution in [-0.4, -0.2) is 49.5 Å². The molecule has 7 heteroatoms. The van der Waals surface area contributed by atoms with Crippen molar-refractivity contribution in [1.82, 2.24) is 10.3 Å². The minimum atomic E-state index is -0.916. The Bertz CT molecular complexity index is 837. The molecule has 0 spiro atoms. The van der Waals surface area contributed by atoms with Gasteiger partial charge in [-0.2, -0.15) is 0 Å². The molecule has 0 aliphatic heterocycles. The quantitative estimate of drug-likeness (QED) is 0.675. The van der Waals surface area contributed by atoms with Crippen LogP contribution in [-0.2, 0) is 0 Å². The van der Waals surface area contributed by atoms with Crippen LogP contribution in [0.2, 0.25) is 0 Å². The number of benzene rings is 1. The summed E-state index contributed by atoms with van der Waals surface area (Å²) in [5, 5.41) is 14.4. The van der Waals surface area contributed by atoms with Crippen LogP contribution in [0.4, 0.5) is 0 Å². The maximum atomic E-state index is 12.7. The summed E-state index contributed by atoms with van der Waals surface area (Å²) in [6.07, 6.45) is 5.50. The number of fused-ring (bicyclic) bond motifs is 1. The Balaban J connectivity index is 1.82. The van der Waals surface area contributed by atoms with Gasteiger partial charge in [-0.05, 0) is 31.7 Å². The molecule has 154 valence electrons. The van der Waals surface area contributed by atoms with Crippen LogP contribution < -0.4 is 19.5 Å². The van der Waals surface area contributed by atoms with Crippen molar-refractivity contribution in [2.24, 2.45) is 5.92 Å². The standard InChI is InChI=1S/C21H30N2O5/c1-21(25,13-8-6-5-7-9-13)12-22-20(24)15-10-14-16(26-2)11-17(27-3)19(28-4)18(14)23-15/h10-11,13,23,25H,5-9,12H2,1-4H3,(H,22,24)/t21-/m0/s1. The number of H-pyrrole nitrogens is 1. The summed E-state index contributed by atoms with van der Waals surface area (Å²) in [5.74, 6) is 1.54. The summed E-state index contributed by atoms with van der Waals surface area (Å²) in [7, 11) is 4.66. The number of rotatable bonds is 7. The number of methoxy groups -OCH3 is 3. The van der Waals surface area contributed by atoms with E-state index < -0.39 is 5.60 Å². The van der Waals surface area contributed by atoms with Crippen molar-refractivity contribution in [2.75, 3.05) is 27.9 Å².